The van der Waals surface area contributed by atoms with Crippen LogP contribution in [0, 0.1) is 23.2 Å². The van der Waals surface area contributed by atoms with Crippen LogP contribution in [0.2, 0.25) is 0 Å². The minimum absolute atomic E-state index is 0.0243. The highest BCUT2D eigenvalue weighted by atomic mass is 16.6. The minimum Gasteiger partial charge on any atom is -0.492 e. The molecule has 190 valence electrons. The van der Waals surface area contributed by atoms with Gasteiger partial charge in [-0.2, -0.15) is 10.4 Å². The van der Waals surface area contributed by atoms with Crippen molar-refractivity contribution in [2.24, 2.45) is 11.8 Å². The van der Waals surface area contributed by atoms with Crippen molar-refractivity contribution in [1.29, 1.82) is 5.26 Å². The number of amides is 1. The third kappa shape index (κ3) is 5.38. The Labute approximate surface area is 212 Å². The van der Waals surface area contributed by atoms with Crippen LogP contribution >= 0.6 is 0 Å². The Bertz CT molecular complexity index is 1260. The number of aromatic nitrogens is 3. The minimum atomic E-state index is -0.526. The third-order valence-corrected chi connectivity index (χ3v) is 6.33. The molecule has 1 saturated heterocycles. The SMILES string of the molecule is CCOc1cc(-c2ccc(N3C[C@@H](C)C(NC(=O)OC(C)(C)C)[C@@H](C)C3)nc2)c2c(C#N)cnn2c1. The lowest BCUT2D eigenvalue weighted by atomic mass is 9.86. The van der Waals surface area contributed by atoms with Gasteiger partial charge in [-0.05, 0) is 57.7 Å². The Balaban J connectivity index is 1.54. The zero-order valence-electron chi connectivity index (χ0n) is 21.8. The van der Waals surface area contributed by atoms with Crippen molar-refractivity contribution in [1.82, 2.24) is 19.9 Å². The van der Waals surface area contributed by atoms with Gasteiger partial charge in [0.2, 0.25) is 0 Å². The smallest absolute Gasteiger partial charge is 0.407 e. The van der Waals surface area contributed by atoms with Gasteiger partial charge in [0, 0.05) is 36.5 Å². The number of alkyl carbamates (subject to hydrolysis) is 1. The van der Waals surface area contributed by atoms with Crippen LogP contribution < -0.4 is 15.0 Å². The van der Waals surface area contributed by atoms with E-state index in [4.69, 9.17) is 14.5 Å². The number of nitrogens with zero attached hydrogens (tertiary/aromatic N) is 5. The molecular weight excluding hydrogens is 456 g/mol. The Hall–Kier alpha value is -3.80. The first-order chi connectivity index (χ1) is 17.1. The van der Waals surface area contributed by atoms with Crippen molar-refractivity contribution < 1.29 is 14.3 Å². The molecule has 4 rings (SSSR count). The Kier molecular flexibility index (Phi) is 7.07. The number of carbonyl (C=O) groups is 1. The summed E-state index contributed by atoms with van der Waals surface area (Å²) in [4.78, 5) is 19.3. The summed E-state index contributed by atoms with van der Waals surface area (Å²) in [5.74, 6) is 1.99. The summed E-state index contributed by atoms with van der Waals surface area (Å²) in [6, 6.07) is 8.19. The predicted molar refractivity (Wildman–Crippen MR) is 138 cm³/mol. The molecular formula is C27H34N6O3. The topological polar surface area (TPSA) is 105 Å². The number of carbonyl (C=O) groups excluding carboxylic acids is 1. The first-order valence-electron chi connectivity index (χ1n) is 12.3. The quantitative estimate of drug-likeness (QED) is 0.555. The van der Waals surface area contributed by atoms with E-state index in [1.54, 1.807) is 16.9 Å². The highest BCUT2D eigenvalue weighted by Gasteiger charge is 2.34. The fourth-order valence-electron chi connectivity index (χ4n) is 4.85. The monoisotopic (exact) mass is 490 g/mol. The Morgan fingerprint density at radius 3 is 2.53 bits per heavy atom. The number of nitrogens with one attached hydrogen (secondary N) is 1. The lowest BCUT2D eigenvalue weighted by molar-refractivity contribution is 0.0457. The molecule has 1 fully saturated rings. The van der Waals surface area contributed by atoms with Crippen molar-refractivity contribution in [2.75, 3.05) is 24.6 Å². The number of fused-ring (bicyclic) bond motifs is 1. The highest BCUT2D eigenvalue weighted by molar-refractivity contribution is 5.85. The number of anilines is 1. The third-order valence-electron chi connectivity index (χ3n) is 6.33. The van der Waals surface area contributed by atoms with E-state index >= 15 is 0 Å². The lowest BCUT2D eigenvalue weighted by Gasteiger charge is -2.42. The molecule has 9 heteroatoms. The molecule has 36 heavy (non-hydrogen) atoms. The van der Waals surface area contributed by atoms with Crippen molar-refractivity contribution in [3.63, 3.8) is 0 Å². The second kappa shape index (κ2) is 10.1. The van der Waals surface area contributed by atoms with Gasteiger partial charge in [0.15, 0.2) is 0 Å². The second-order valence-corrected chi connectivity index (χ2v) is 10.4. The summed E-state index contributed by atoms with van der Waals surface area (Å²) >= 11 is 0. The summed E-state index contributed by atoms with van der Waals surface area (Å²) < 4.78 is 12.9. The molecule has 3 aromatic rings. The molecule has 0 radical (unpaired) electrons. The van der Waals surface area contributed by atoms with E-state index in [1.165, 1.54) is 0 Å². The number of pyridine rings is 2. The van der Waals surface area contributed by atoms with Crippen LogP contribution in [-0.4, -0.2) is 52.0 Å². The summed E-state index contributed by atoms with van der Waals surface area (Å²) in [7, 11) is 0. The van der Waals surface area contributed by atoms with Crippen molar-refractivity contribution in [3.8, 4) is 22.9 Å². The molecule has 0 aliphatic carbocycles. The van der Waals surface area contributed by atoms with Crippen LogP contribution in [0.3, 0.4) is 0 Å². The van der Waals surface area contributed by atoms with E-state index in [2.05, 4.69) is 35.2 Å². The summed E-state index contributed by atoms with van der Waals surface area (Å²) in [5, 5.41) is 17.0. The van der Waals surface area contributed by atoms with E-state index < -0.39 is 5.60 Å². The summed E-state index contributed by atoms with van der Waals surface area (Å²) in [5.41, 5.74) is 2.42. The van der Waals surface area contributed by atoms with Crippen LogP contribution in [0.1, 0.15) is 47.1 Å². The largest absolute Gasteiger partial charge is 0.492 e. The van der Waals surface area contributed by atoms with Crippen molar-refractivity contribution in [2.45, 2.75) is 53.2 Å². The fourth-order valence-corrected chi connectivity index (χ4v) is 4.85. The Morgan fingerprint density at radius 2 is 1.94 bits per heavy atom. The van der Waals surface area contributed by atoms with E-state index in [0.717, 1.165) is 35.6 Å². The van der Waals surface area contributed by atoms with Gasteiger partial charge in [-0.3, -0.25) is 0 Å². The second-order valence-electron chi connectivity index (χ2n) is 10.4. The van der Waals surface area contributed by atoms with E-state index in [1.807, 2.05) is 52.1 Å². The molecule has 9 nitrogen and oxygen atoms in total. The van der Waals surface area contributed by atoms with Gasteiger partial charge in [0.25, 0.3) is 0 Å². The normalized spacial score (nSPS) is 20.1. The number of hydrogen-bond acceptors (Lipinski definition) is 7. The van der Waals surface area contributed by atoms with Crippen LogP contribution in [0.4, 0.5) is 10.6 Å². The first-order valence-corrected chi connectivity index (χ1v) is 12.3. The van der Waals surface area contributed by atoms with E-state index in [9.17, 15) is 10.1 Å². The maximum absolute atomic E-state index is 12.3. The van der Waals surface area contributed by atoms with Crippen LogP contribution in [-0.2, 0) is 4.74 Å². The predicted octanol–water partition coefficient (Wildman–Crippen LogP) is 4.65. The zero-order valence-corrected chi connectivity index (χ0v) is 21.8. The molecule has 0 spiro atoms. The van der Waals surface area contributed by atoms with Gasteiger partial charge in [-0.1, -0.05) is 13.8 Å². The van der Waals surface area contributed by atoms with Crippen LogP contribution in [0.5, 0.6) is 5.75 Å². The summed E-state index contributed by atoms with van der Waals surface area (Å²) in [6.45, 7) is 13.9. The maximum atomic E-state index is 12.3. The Morgan fingerprint density at radius 1 is 1.22 bits per heavy atom. The number of piperidine rings is 1. The molecule has 4 heterocycles. The fraction of sp³-hybridized carbons (Fsp3) is 0.481. The molecule has 3 atom stereocenters. The van der Waals surface area contributed by atoms with E-state index in [0.29, 0.717) is 17.9 Å². The van der Waals surface area contributed by atoms with Gasteiger partial charge in [0.1, 0.15) is 23.2 Å². The highest BCUT2D eigenvalue weighted by Crippen LogP contribution is 2.32. The molecule has 3 aromatic heterocycles. The average Bonchev–Trinajstić information content (AvgIpc) is 3.23. The maximum Gasteiger partial charge on any atom is 0.407 e. The lowest BCUT2D eigenvalue weighted by Crippen LogP contribution is -2.55. The van der Waals surface area contributed by atoms with Gasteiger partial charge >= 0.3 is 6.09 Å². The molecule has 1 aliphatic heterocycles. The van der Waals surface area contributed by atoms with Gasteiger partial charge < -0.3 is 19.7 Å². The number of hydrogen-bond donors (Lipinski definition) is 1. The molecule has 0 bridgehead atoms. The molecule has 1 N–H and O–H groups in total. The number of rotatable bonds is 5. The average molecular weight is 491 g/mol. The standard InChI is InChI=1S/C27H34N6O3/c1-7-35-21-10-22(25-20(11-28)13-30-33(25)16-21)19-8-9-23(29-12-19)32-14-17(2)24(18(3)15-32)31-26(34)36-27(4,5)6/h8-10,12-13,16-18,24H,7,14-15H2,1-6H3,(H,31,34)/t17-,18+,24?. The van der Waals surface area contributed by atoms with Gasteiger partial charge in [0.05, 0.1) is 30.1 Å². The molecule has 1 unspecified atom stereocenters. The van der Waals surface area contributed by atoms with Crippen molar-refractivity contribution >= 4 is 17.4 Å². The number of ether oxygens (including phenoxy) is 2. The van der Waals surface area contributed by atoms with Crippen LogP contribution in [0.15, 0.2) is 36.8 Å². The van der Waals surface area contributed by atoms with Gasteiger partial charge in [-0.25, -0.2) is 14.3 Å². The van der Waals surface area contributed by atoms with Crippen molar-refractivity contribution in [3.05, 3.63) is 42.4 Å². The molecule has 0 aromatic carbocycles. The number of nitriles is 1. The molecule has 1 amide bonds. The van der Waals surface area contributed by atoms with Crippen LogP contribution in [0.25, 0.3) is 16.6 Å². The molecule has 1 aliphatic rings. The van der Waals surface area contributed by atoms with Gasteiger partial charge in [-0.15, -0.1) is 0 Å². The molecule has 0 saturated carbocycles. The summed E-state index contributed by atoms with van der Waals surface area (Å²) in [6.07, 6.45) is 4.80. The zero-order chi connectivity index (χ0) is 26.0. The van der Waals surface area contributed by atoms with E-state index in [-0.39, 0.29) is 24.0 Å². The first kappa shape index (κ1) is 25.3.